The molecule has 0 saturated heterocycles. The molecule has 138 valence electrons. The summed E-state index contributed by atoms with van der Waals surface area (Å²) in [7, 11) is 1.52. The van der Waals surface area contributed by atoms with Crippen LogP contribution in [0.3, 0.4) is 0 Å². The van der Waals surface area contributed by atoms with Gasteiger partial charge in [0, 0.05) is 16.5 Å². The molecule has 0 spiro atoms. The Balaban J connectivity index is 1.53. The number of aromatic hydroxyl groups is 1. The summed E-state index contributed by atoms with van der Waals surface area (Å²) in [6.45, 7) is 0. The SMILES string of the molecule is COc1ccc(Nc2ccc3ncc(-c4cc5ccccc5s4)n3n2)cc1O. The number of rotatable bonds is 4. The number of nitrogens with zero attached hydrogens (tertiary/aromatic N) is 3. The molecule has 0 radical (unpaired) electrons. The van der Waals surface area contributed by atoms with Gasteiger partial charge in [-0.15, -0.1) is 16.4 Å². The topological polar surface area (TPSA) is 71.7 Å². The zero-order valence-corrected chi connectivity index (χ0v) is 15.8. The zero-order chi connectivity index (χ0) is 19.1. The molecule has 6 nitrogen and oxygen atoms in total. The van der Waals surface area contributed by atoms with Crippen molar-refractivity contribution in [2.45, 2.75) is 0 Å². The molecule has 3 heterocycles. The molecule has 0 amide bonds. The van der Waals surface area contributed by atoms with E-state index in [4.69, 9.17) is 4.74 Å². The predicted octanol–water partition coefficient (Wildman–Crippen LogP) is 5.07. The quantitative estimate of drug-likeness (QED) is 0.450. The molecule has 3 aromatic heterocycles. The fourth-order valence-corrected chi connectivity index (χ4v) is 4.19. The van der Waals surface area contributed by atoms with Crippen molar-refractivity contribution < 1.29 is 9.84 Å². The summed E-state index contributed by atoms with van der Waals surface area (Å²) < 4.78 is 8.14. The van der Waals surface area contributed by atoms with E-state index in [0.717, 1.165) is 16.2 Å². The largest absolute Gasteiger partial charge is 0.504 e. The Hall–Kier alpha value is -3.58. The molecule has 2 aromatic carbocycles. The molecule has 0 atom stereocenters. The van der Waals surface area contributed by atoms with Gasteiger partial charge in [0.15, 0.2) is 23.0 Å². The van der Waals surface area contributed by atoms with Gasteiger partial charge in [-0.25, -0.2) is 9.50 Å². The molecule has 5 rings (SSSR count). The number of nitrogens with one attached hydrogen (secondary N) is 1. The molecule has 0 aliphatic carbocycles. The summed E-state index contributed by atoms with van der Waals surface area (Å²) in [4.78, 5) is 5.58. The van der Waals surface area contributed by atoms with E-state index in [0.29, 0.717) is 17.3 Å². The lowest BCUT2D eigenvalue weighted by Crippen LogP contribution is -2.00. The van der Waals surface area contributed by atoms with Crippen molar-refractivity contribution >= 4 is 38.6 Å². The highest BCUT2D eigenvalue weighted by molar-refractivity contribution is 7.22. The molecule has 0 bridgehead atoms. The summed E-state index contributed by atoms with van der Waals surface area (Å²) in [5.41, 5.74) is 2.43. The number of anilines is 2. The van der Waals surface area contributed by atoms with E-state index in [-0.39, 0.29) is 5.75 Å². The summed E-state index contributed by atoms with van der Waals surface area (Å²) in [6.07, 6.45) is 1.84. The Kier molecular flexibility index (Phi) is 3.87. The van der Waals surface area contributed by atoms with Crippen molar-refractivity contribution in [2.75, 3.05) is 12.4 Å². The number of methoxy groups -OCH3 is 1. The highest BCUT2D eigenvalue weighted by Crippen LogP contribution is 2.34. The minimum Gasteiger partial charge on any atom is -0.504 e. The third-order valence-electron chi connectivity index (χ3n) is 4.49. The van der Waals surface area contributed by atoms with E-state index in [9.17, 15) is 5.11 Å². The maximum Gasteiger partial charge on any atom is 0.160 e. The first-order chi connectivity index (χ1) is 13.7. The van der Waals surface area contributed by atoms with E-state index in [1.807, 2.05) is 41.0 Å². The third-order valence-corrected chi connectivity index (χ3v) is 5.63. The van der Waals surface area contributed by atoms with Gasteiger partial charge in [0.05, 0.1) is 18.2 Å². The second-order valence-electron chi connectivity index (χ2n) is 6.29. The molecule has 0 aliphatic rings. The van der Waals surface area contributed by atoms with Gasteiger partial charge >= 0.3 is 0 Å². The molecule has 0 unspecified atom stereocenters. The van der Waals surface area contributed by atoms with E-state index >= 15 is 0 Å². The summed E-state index contributed by atoms with van der Waals surface area (Å²) in [5, 5.41) is 19.1. The molecule has 7 heteroatoms. The maximum atomic E-state index is 9.97. The van der Waals surface area contributed by atoms with Gasteiger partial charge in [0.1, 0.15) is 5.69 Å². The van der Waals surface area contributed by atoms with Gasteiger partial charge in [-0.05, 0) is 41.8 Å². The van der Waals surface area contributed by atoms with Crippen LogP contribution in [0.15, 0.2) is 66.9 Å². The number of hydrogen-bond donors (Lipinski definition) is 2. The van der Waals surface area contributed by atoms with Crippen molar-refractivity contribution in [3.63, 3.8) is 0 Å². The Morgan fingerprint density at radius 3 is 2.79 bits per heavy atom. The van der Waals surface area contributed by atoms with Gasteiger partial charge in [-0.2, -0.15) is 0 Å². The first-order valence-electron chi connectivity index (χ1n) is 8.69. The first kappa shape index (κ1) is 16.6. The number of imidazole rings is 1. The van der Waals surface area contributed by atoms with Gasteiger partial charge in [-0.1, -0.05) is 18.2 Å². The normalized spacial score (nSPS) is 11.2. The van der Waals surface area contributed by atoms with Crippen molar-refractivity contribution in [3.05, 3.63) is 66.9 Å². The highest BCUT2D eigenvalue weighted by Gasteiger charge is 2.12. The first-order valence-corrected chi connectivity index (χ1v) is 9.51. The number of phenolic OH excluding ortho intramolecular Hbond substituents is 1. The number of aromatic nitrogens is 3. The molecule has 0 aliphatic heterocycles. The number of phenols is 1. The average Bonchev–Trinajstić information content (AvgIpc) is 3.31. The molecular weight excluding hydrogens is 372 g/mol. The van der Waals surface area contributed by atoms with Crippen LogP contribution in [0.1, 0.15) is 0 Å². The smallest absolute Gasteiger partial charge is 0.160 e. The fraction of sp³-hybridized carbons (Fsp3) is 0.0476. The van der Waals surface area contributed by atoms with Crippen LogP contribution in [-0.2, 0) is 0 Å². The molecule has 0 fully saturated rings. The number of fused-ring (bicyclic) bond motifs is 2. The molecule has 2 N–H and O–H groups in total. The monoisotopic (exact) mass is 388 g/mol. The second kappa shape index (κ2) is 6.54. The fourth-order valence-electron chi connectivity index (χ4n) is 3.13. The Morgan fingerprint density at radius 1 is 1.07 bits per heavy atom. The van der Waals surface area contributed by atoms with Crippen LogP contribution in [0, 0.1) is 0 Å². The van der Waals surface area contributed by atoms with E-state index in [1.54, 1.807) is 23.5 Å². The standard InChI is InChI=1S/C21H16N4O2S/c1-27-17-7-6-14(11-16(17)26)23-20-8-9-21-22-12-15(25(21)24-20)19-10-13-4-2-3-5-18(13)28-19/h2-12,26H,1H3,(H,23,24). The van der Waals surface area contributed by atoms with Crippen molar-refractivity contribution in [3.8, 4) is 22.1 Å². The summed E-state index contributed by atoms with van der Waals surface area (Å²) in [6, 6.07) is 19.4. The van der Waals surface area contributed by atoms with Crippen molar-refractivity contribution in [1.29, 1.82) is 0 Å². The van der Waals surface area contributed by atoms with Crippen LogP contribution in [0.2, 0.25) is 0 Å². The van der Waals surface area contributed by atoms with Crippen molar-refractivity contribution in [1.82, 2.24) is 14.6 Å². The number of benzene rings is 2. The Labute approximate surface area is 164 Å². The van der Waals surface area contributed by atoms with Gasteiger partial charge in [-0.3, -0.25) is 0 Å². The molecular formula is C21H16N4O2S. The Morgan fingerprint density at radius 2 is 1.96 bits per heavy atom. The van der Waals surface area contributed by atoms with Crippen LogP contribution >= 0.6 is 11.3 Å². The van der Waals surface area contributed by atoms with Crippen LogP contribution in [0.4, 0.5) is 11.5 Å². The van der Waals surface area contributed by atoms with E-state index < -0.39 is 0 Å². The third kappa shape index (κ3) is 2.82. The van der Waals surface area contributed by atoms with Crippen LogP contribution in [0.25, 0.3) is 26.3 Å². The number of thiophene rings is 1. The zero-order valence-electron chi connectivity index (χ0n) is 15.0. The van der Waals surface area contributed by atoms with Gasteiger partial charge in [0.2, 0.25) is 0 Å². The average molecular weight is 388 g/mol. The molecule has 5 aromatic rings. The van der Waals surface area contributed by atoms with Crippen LogP contribution in [0.5, 0.6) is 11.5 Å². The van der Waals surface area contributed by atoms with Gasteiger partial charge in [0.25, 0.3) is 0 Å². The predicted molar refractivity (Wildman–Crippen MR) is 112 cm³/mol. The van der Waals surface area contributed by atoms with Gasteiger partial charge < -0.3 is 15.2 Å². The van der Waals surface area contributed by atoms with E-state index in [2.05, 4.69) is 33.6 Å². The summed E-state index contributed by atoms with van der Waals surface area (Å²) in [5.74, 6) is 1.15. The second-order valence-corrected chi connectivity index (χ2v) is 7.38. The Bertz CT molecular complexity index is 1280. The minimum atomic E-state index is 0.0715. The highest BCUT2D eigenvalue weighted by atomic mass is 32.1. The van der Waals surface area contributed by atoms with Crippen molar-refractivity contribution in [2.24, 2.45) is 0 Å². The summed E-state index contributed by atoms with van der Waals surface area (Å²) >= 11 is 1.72. The number of hydrogen-bond acceptors (Lipinski definition) is 6. The number of ether oxygens (including phenoxy) is 1. The van der Waals surface area contributed by atoms with Crippen LogP contribution in [-0.4, -0.2) is 26.8 Å². The molecule has 0 saturated carbocycles. The lowest BCUT2D eigenvalue weighted by Gasteiger charge is -2.09. The lowest BCUT2D eigenvalue weighted by molar-refractivity contribution is 0.373. The molecule has 28 heavy (non-hydrogen) atoms. The maximum absolute atomic E-state index is 9.97. The van der Waals surface area contributed by atoms with Crippen LogP contribution < -0.4 is 10.1 Å². The minimum absolute atomic E-state index is 0.0715. The van der Waals surface area contributed by atoms with E-state index in [1.165, 1.54) is 17.2 Å². The lowest BCUT2D eigenvalue weighted by atomic mass is 10.2.